The van der Waals surface area contributed by atoms with Gasteiger partial charge in [-0.15, -0.1) is 0 Å². The van der Waals surface area contributed by atoms with Crippen LogP contribution in [-0.2, 0) is 22.5 Å². The third-order valence-corrected chi connectivity index (χ3v) is 8.55. The smallest absolute Gasteiger partial charge is 0.242 e. The van der Waals surface area contributed by atoms with Crippen molar-refractivity contribution in [2.24, 2.45) is 5.73 Å². The number of carbonyl (C=O) groups is 1. The van der Waals surface area contributed by atoms with Crippen LogP contribution in [0.1, 0.15) is 40.4 Å². The van der Waals surface area contributed by atoms with Gasteiger partial charge in [0.05, 0.1) is 48.6 Å². The van der Waals surface area contributed by atoms with Gasteiger partial charge in [0.25, 0.3) is 0 Å². The number of nitrogens with one attached hydrogen (secondary N) is 3. The molecule has 0 saturated carbocycles. The van der Waals surface area contributed by atoms with Crippen molar-refractivity contribution in [3.8, 4) is 0 Å². The lowest BCUT2D eigenvalue weighted by atomic mass is 9.85. The molecule has 5 rings (SSSR count). The summed E-state index contributed by atoms with van der Waals surface area (Å²) in [6.45, 7) is 11.8. The second kappa shape index (κ2) is 16.2. The number of carbonyl (C=O) groups excluding carboxylic acids is 1. The molecule has 254 valence electrons. The molecule has 12 heteroatoms. The molecule has 0 unspecified atom stereocenters. The van der Waals surface area contributed by atoms with Crippen molar-refractivity contribution < 1.29 is 22.7 Å². The third-order valence-electron chi connectivity index (χ3n) is 8.55. The van der Waals surface area contributed by atoms with E-state index in [1.807, 2.05) is 18.5 Å². The van der Waals surface area contributed by atoms with Crippen LogP contribution in [0.15, 0.2) is 79.1 Å². The summed E-state index contributed by atoms with van der Waals surface area (Å²) in [5.74, 6) is -2.86. The minimum absolute atomic E-state index is 0.0593. The van der Waals surface area contributed by atoms with Gasteiger partial charge in [-0.2, -0.15) is 5.10 Å². The van der Waals surface area contributed by atoms with Crippen LogP contribution in [0.25, 0.3) is 0 Å². The summed E-state index contributed by atoms with van der Waals surface area (Å²) in [6, 6.07) is 12.1. The first-order chi connectivity index (χ1) is 23.1. The Bertz CT molecular complexity index is 1650. The van der Waals surface area contributed by atoms with E-state index in [1.165, 1.54) is 54.7 Å². The number of benzene rings is 2. The number of halogens is 3. The highest BCUT2D eigenvalue weighted by Gasteiger charge is 2.30. The van der Waals surface area contributed by atoms with E-state index < -0.39 is 35.3 Å². The fourth-order valence-electron chi connectivity index (χ4n) is 5.99. The van der Waals surface area contributed by atoms with Crippen molar-refractivity contribution in [3.63, 3.8) is 0 Å². The van der Waals surface area contributed by atoms with Crippen molar-refractivity contribution in [2.45, 2.75) is 57.4 Å². The van der Waals surface area contributed by atoms with Gasteiger partial charge in [0.15, 0.2) is 0 Å². The van der Waals surface area contributed by atoms with Gasteiger partial charge in [-0.1, -0.05) is 30.8 Å². The van der Waals surface area contributed by atoms with E-state index in [-0.39, 0.29) is 29.9 Å². The van der Waals surface area contributed by atoms with E-state index >= 15 is 4.39 Å². The Balaban J connectivity index is 1.20. The molecule has 0 radical (unpaired) electrons. The molecule has 4 aromatic rings. The summed E-state index contributed by atoms with van der Waals surface area (Å²) in [4.78, 5) is 17.5. The lowest BCUT2D eigenvalue weighted by molar-refractivity contribution is -0.117. The fraction of sp³-hybridized carbons (Fsp3) is 0.361. The molecule has 0 bridgehead atoms. The van der Waals surface area contributed by atoms with Crippen molar-refractivity contribution >= 4 is 11.6 Å². The van der Waals surface area contributed by atoms with E-state index in [1.54, 1.807) is 0 Å². The average Bonchev–Trinajstić information content (AvgIpc) is 3.40. The molecule has 5 N–H and O–H groups in total. The molecular formula is C36H42F3N7O2. The van der Waals surface area contributed by atoms with Gasteiger partial charge in [0.1, 0.15) is 17.5 Å². The van der Waals surface area contributed by atoms with Crippen LogP contribution in [-0.4, -0.2) is 65.1 Å². The maximum Gasteiger partial charge on any atom is 0.242 e. The lowest BCUT2D eigenvalue weighted by Gasteiger charge is -2.32. The number of anilines is 1. The Labute approximate surface area is 278 Å². The second-order valence-electron chi connectivity index (χ2n) is 12.2. The predicted octanol–water partition coefficient (Wildman–Crippen LogP) is 4.55. The van der Waals surface area contributed by atoms with E-state index in [0.717, 1.165) is 43.6 Å². The average molecular weight is 662 g/mol. The van der Waals surface area contributed by atoms with Crippen LogP contribution >= 0.6 is 0 Å². The number of nitrogens with zero attached hydrogens (tertiary/aromatic N) is 3. The van der Waals surface area contributed by atoms with Gasteiger partial charge in [0, 0.05) is 43.2 Å². The molecule has 1 aliphatic rings. The zero-order chi connectivity index (χ0) is 34.2. The quantitative estimate of drug-likeness (QED) is 0.116. The third kappa shape index (κ3) is 8.95. The monoisotopic (exact) mass is 661 g/mol. The highest BCUT2D eigenvalue weighted by Crippen LogP contribution is 2.30. The fourth-order valence-corrected chi connectivity index (χ4v) is 5.99. The molecule has 9 nitrogen and oxygen atoms in total. The molecule has 3 atom stereocenters. The van der Waals surface area contributed by atoms with E-state index in [2.05, 4.69) is 38.7 Å². The number of rotatable bonds is 14. The van der Waals surface area contributed by atoms with Crippen LogP contribution in [0.5, 0.6) is 0 Å². The van der Waals surface area contributed by atoms with Crippen molar-refractivity contribution in [2.75, 3.05) is 31.5 Å². The summed E-state index contributed by atoms with van der Waals surface area (Å²) >= 11 is 0. The largest absolute Gasteiger partial charge is 0.368 e. The molecule has 2 aromatic carbocycles. The normalized spacial score (nSPS) is 17.0. The Morgan fingerprint density at radius 2 is 1.71 bits per heavy atom. The molecule has 2 aromatic heterocycles. The molecular weight excluding hydrogens is 619 g/mol. The van der Waals surface area contributed by atoms with Gasteiger partial charge < -0.3 is 26.4 Å². The van der Waals surface area contributed by atoms with Gasteiger partial charge >= 0.3 is 0 Å². The lowest BCUT2D eigenvalue weighted by Crippen LogP contribution is -2.46. The number of hydrogen-bond donors (Lipinski definition) is 4. The van der Waals surface area contributed by atoms with E-state index in [4.69, 9.17) is 10.5 Å². The van der Waals surface area contributed by atoms with Gasteiger partial charge in [0.2, 0.25) is 5.91 Å². The van der Waals surface area contributed by atoms with Gasteiger partial charge in [-0.3, -0.25) is 14.5 Å². The van der Waals surface area contributed by atoms with Gasteiger partial charge in [-0.25, -0.2) is 13.2 Å². The van der Waals surface area contributed by atoms with E-state index in [9.17, 15) is 13.6 Å². The van der Waals surface area contributed by atoms with Crippen molar-refractivity contribution in [1.82, 2.24) is 25.4 Å². The number of morpholine rings is 1. The maximum atomic E-state index is 15.2. The Morgan fingerprint density at radius 1 is 1.04 bits per heavy atom. The predicted molar refractivity (Wildman–Crippen MR) is 179 cm³/mol. The van der Waals surface area contributed by atoms with Crippen molar-refractivity contribution in [1.29, 1.82) is 0 Å². The van der Waals surface area contributed by atoms with Crippen molar-refractivity contribution in [3.05, 3.63) is 125 Å². The summed E-state index contributed by atoms with van der Waals surface area (Å²) < 4.78 is 51.0. The van der Waals surface area contributed by atoms with Crippen LogP contribution in [0.2, 0.25) is 0 Å². The van der Waals surface area contributed by atoms with Gasteiger partial charge in [-0.05, 0) is 73.8 Å². The standard InChI is InChI=1S/C36H42F3N7O2/c1-22(33-21-42-18-29(48-33)12-13-41-14-15-46-24(3)17-23(2)45-46)16-30-31(39)19-43-20-32(30)44-36(47)35(40)34(25-4-8-27(37)9-5-25)26-6-10-28(38)11-7-26/h4-11,17,19-20,29,33-35,41-42H,1,12-16,18,21,40H2,2-3H3,(H,44,47)/t29-,33+,35+/m1/s1. The molecule has 48 heavy (non-hydrogen) atoms. The van der Waals surface area contributed by atoms with E-state index in [0.29, 0.717) is 29.8 Å². The molecule has 1 fully saturated rings. The molecule has 1 amide bonds. The SMILES string of the molecule is C=C(Cc1c(F)cncc1NC(=O)[C@@H](N)C(c1ccc(F)cc1)c1ccc(F)cc1)[C@@H]1CNC[C@@H](CCNCCn2nc(C)cc2C)O1. The minimum atomic E-state index is -1.19. The van der Waals surface area contributed by atoms with Crippen LogP contribution in [0, 0.1) is 31.3 Å². The summed E-state index contributed by atoms with van der Waals surface area (Å²) in [6.07, 6.45) is 2.90. The number of amides is 1. The Hall–Kier alpha value is -4.36. The van der Waals surface area contributed by atoms with Crippen LogP contribution in [0.4, 0.5) is 18.9 Å². The van der Waals surface area contributed by atoms with Crippen LogP contribution in [0.3, 0.4) is 0 Å². The summed E-state index contributed by atoms with van der Waals surface area (Å²) in [5, 5.41) is 14.1. The maximum absolute atomic E-state index is 15.2. The number of pyridine rings is 1. The number of aromatic nitrogens is 3. The molecule has 3 heterocycles. The highest BCUT2D eigenvalue weighted by atomic mass is 19.1. The first kappa shape index (κ1) is 35.0. The zero-order valence-electron chi connectivity index (χ0n) is 27.2. The number of ether oxygens (including phenoxy) is 1. The number of nitrogens with two attached hydrogens (primary N) is 1. The molecule has 1 aliphatic heterocycles. The molecule has 0 aliphatic carbocycles. The number of hydrogen-bond acceptors (Lipinski definition) is 7. The first-order valence-corrected chi connectivity index (χ1v) is 16.0. The minimum Gasteiger partial charge on any atom is -0.368 e. The van der Waals surface area contributed by atoms with Crippen LogP contribution < -0.4 is 21.7 Å². The molecule has 0 spiro atoms. The summed E-state index contributed by atoms with van der Waals surface area (Å²) in [7, 11) is 0. The first-order valence-electron chi connectivity index (χ1n) is 16.0. The molecule has 1 saturated heterocycles. The second-order valence-corrected chi connectivity index (χ2v) is 12.2. The highest BCUT2D eigenvalue weighted by molar-refractivity contribution is 5.96. The number of aryl methyl sites for hydroxylation is 2. The summed E-state index contributed by atoms with van der Waals surface area (Å²) in [5.41, 5.74) is 10.8. The Kier molecular flexibility index (Phi) is 11.8. The topological polar surface area (TPSA) is 119 Å². The zero-order valence-corrected chi connectivity index (χ0v) is 27.2. The Morgan fingerprint density at radius 3 is 2.33 bits per heavy atom.